The van der Waals surface area contributed by atoms with Crippen LogP contribution in [0.1, 0.15) is 12.8 Å². The summed E-state index contributed by atoms with van der Waals surface area (Å²) in [4.78, 5) is 21.7. The first-order valence-corrected chi connectivity index (χ1v) is 5.42. The molecule has 2 aliphatic rings. The van der Waals surface area contributed by atoms with Crippen LogP contribution in [0.5, 0.6) is 0 Å². The van der Waals surface area contributed by atoms with Crippen LogP contribution in [0.25, 0.3) is 0 Å². The summed E-state index contributed by atoms with van der Waals surface area (Å²) in [6, 6.07) is 0. The second kappa shape index (κ2) is 3.78. The van der Waals surface area contributed by atoms with Crippen molar-refractivity contribution < 1.29 is 19.4 Å². The van der Waals surface area contributed by atoms with Crippen LogP contribution in [-0.4, -0.2) is 40.3 Å². The number of rotatable bonds is 3. The fourth-order valence-corrected chi connectivity index (χ4v) is 2.89. The molecule has 2 aliphatic heterocycles. The maximum atomic E-state index is 10.9. The first-order chi connectivity index (χ1) is 6.66. The molecule has 2 N–H and O–H groups in total. The number of hydrogen-bond donors (Lipinski definition) is 2. The van der Waals surface area contributed by atoms with Crippen molar-refractivity contribution in [2.75, 3.05) is 6.54 Å². The summed E-state index contributed by atoms with van der Waals surface area (Å²) in [6.07, 6.45) is 0.275. The molecule has 2 heterocycles. The number of carboxylic acids is 1. The molecule has 0 spiro atoms. The lowest BCUT2D eigenvalue weighted by Crippen LogP contribution is -2.43. The van der Waals surface area contributed by atoms with Gasteiger partial charge in [-0.15, -0.1) is 11.8 Å². The van der Waals surface area contributed by atoms with E-state index in [1.807, 2.05) is 0 Å². The first kappa shape index (κ1) is 9.79. The summed E-state index contributed by atoms with van der Waals surface area (Å²) in [5.74, 6) is -1.46. The maximum absolute atomic E-state index is 10.9. The third-order valence-corrected chi connectivity index (χ3v) is 3.82. The third-order valence-electron chi connectivity index (χ3n) is 2.32. The Bertz CT molecular complexity index is 266. The normalized spacial score (nSPS) is 36.3. The molecule has 2 saturated heterocycles. The molecular formula is C8H11NO4S. The van der Waals surface area contributed by atoms with Crippen LogP contribution in [-0.2, 0) is 14.3 Å². The summed E-state index contributed by atoms with van der Waals surface area (Å²) in [6.45, 7) is 0.969. The van der Waals surface area contributed by atoms with Crippen LogP contribution in [0.2, 0.25) is 0 Å². The van der Waals surface area contributed by atoms with Crippen molar-refractivity contribution in [1.29, 1.82) is 0 Å². The van der Waals surface area contributed by atoms with E-state index >= 15 is 0 Å². The van der Waals surface area contributed by atoms with Gasteiger partial charge in [0, 0.05) is 0 Å². The number of carbonyl (C=O) groups excluding carboxylic acids is 1. The number of aliphatic carboxylic acids is 1. The molecule has 0 aromatic heterocycles. The Hall–Kier alpha value is -0.750. The quantitative estimate of drug-likeness (QED) is 0.638. The number of nitrogens with one attached hydrogen (secondary N) is 1. The lowest BCUT2D eigenvalue weighted by molar-refractivity contribution is -0.156. The summed E-state index contributed by atoms with van der Waals surface area (Å²) in [5, 5.41) is 12.0. The molecule has 0 bridgehead atoms. The highest BCUT2D eigenvalue weighted by Gasteiger charge is 2.42. The summed E-state index contributed by atoms with van der Waals surface area (Å²) in [7, 11) is 0. The Morgan fingerprint density at radius 1 is 1.64 bits per heavy atom. The molecule has 0 saturated carbocycles. The summed E-state index contributed by atoms with van der Waals surface area (Å²) >= 11 is 1.50. The van der Waals surface area contributed by atoms with Gasteiger partial charge in [0.05, 0.1) is 17.0 Å². The fourth-order valence-electron chi connectivity index (χ4n) is 1.46. The van der Waals surface area contributed by atoms with Gasteiger partial charge in [-0.05, 0) is 13.0 Å². The van der Waals surface area contributed by atoms with Crippen molar-refractivity contribution in [3.63, 3.8) is 0 Å². The van der Waals surface area contributed by atoms with Crippen LogP contribution in [0, 0.1) is 0 Å². The molecule has 0 aromatic carbocycles. The molecule has 2 rings (SSSR count). The Morgan fingerprint density at radius 2 is 2.36 bits per heavy atom. The van der Waals surface area contributed by atoms with Crippen LogP contribution >= 0.6 is 11.8 Å². The van der Waals surface area contributed by atoms with Gasteiger partial charge in [-0.1, -0.05) is 0 Å². The number of thioether (sulfide) groups is 1. The molecule has 0 radical (unpaired) electrons. The number of carbonyl (C=O) groups is 2. The lowest BCUT2D eigenvalue weighted by atomic mass is 10.2. The molecule has 14 heavy (non-hydrogen) atoms. The molecular weight excluding hydrogens is 206 g/mol. The van der Waals surface area contributed by atoms with E-state index in [0.717, 1.165) is 13.0 Å². The highest BCUT2D eigenvalue weighted by Crippen LogP contribution is 2.32. The van der Waals surface area contributed by atoms with Crippen molar-refractivity contribution in [2.45, 2.75) is 29.6 Å². The van der Waals surface area contributed by atoms with E-state index in [2.05, 4.69) is 5.32 Å². The number of ether oxygens (including phenoxy) is 1. The van der Waals surface area contributed by atoms with E-state index in [-0.39, 0.29) is 17.0 Å². The zero-order valence-electron chi connectivity index (χ0n) is 7.43. The van der Waals surface area contributed by atoms with Crippen molar-refractivity contribution in [1.82, 2.24) is 5.32 Å². The van der Waals surface area contributed by atoms with Crippen LogP contribution in [0.15, 0.2) is 0 Å². The molecule has 3 unspecified atom stereocenters. The van der Waals surface area contributed by atoms with Gasteiger partial charge in [0.25, 0.3) is 0 Å². The van der Waals surface area contributed by atoms with Crippen LogP contribution in [0.3, 0.4) is 0 Å². The predicted octanol–water partition coefficient (Wildman–Crippen LogP) is -0.192. The molecule has 0 aromatic rings. The first-order valence-electron chi connectivity index (χ1n) is 4.48. The van der Waals surface area contributed by atoms with Gasteiger partial charge in [-0.25, -0.2) is 4.79 Å². The number of cyclic esters (lactones) is 1. The largest absolute Gasteiger partial charge is 0.478 e. The van der Waals surface area contributed by atoms with Gasteiger partial charge in [-0.3, -0.25) is 4.79 Å². The second-order valence-corrected chi connectivity index (χ2v) is 4.81. The number of esters is 1. The van der Waals surface area contributed by atoms with E-state index in [1.165, 1.54) is 11.8 Å². The minimum Gasteiger partial charge on any atom is -0.478 e. The van der Waals surface area contributed by atoms with Crippen molar-refractivity contribution >= 4 is 23.7 Å². The lowest BCUT2D eigenvalue weighted by Gasteiger charge is -2.29. The molecule has 3 atom stereocenters. The van der Waals surface area contributed by atoms with E-state index in [4.69, 9.17) is 9.84 Å². The van der Waals surface area contributed by atoms with Crippen LogP contribution in [0.4, 0.5) is 0 Å². The highest BCUT2D eigenvalue weighted by molar-refractivity contribution is 8.00. The smallest absolute Gasteiger partial charge is 0.346 e. The maximum Gasteiger partial charge on any atom is 0.346 e. The Kier molecular flexibility index (Phi) is 2.64. The van der Waals surface area contributed by atoms with Gasteiger partial charge in [0.15, 0.2) is 0 Å². The second-order valence-electron chi connectivity index (χ2n) is 3.36. The average molecular weight is 217 g/mol. The molecule has 2 fully saturated rings. The van der Waals surface area contributed by atoms with Crippen molar-refractivity contribution in [2.24, 2.45) is 0 Å². The van der Waals surface area contributed by atoms with Crippen LogP contribution < -0.4 is 5.32 Å². The van der Waals surface area contributed by atoms with Gasteiger partial charge in [0.2, 0.25) is 6.10 Å². The standard InChI is InChI=1S/C8H11NO4S/c10-6-3-4(7(13-6)8(11)12)14-5-1-2-9-5/h4-5,7,9H,1-3H2,(H,11,12). The Labute approximate surface area is 85.2 Å². The zero-order chi connectivity index (χ0) is 10.1. The Morgan fingerprint density at radius 3 is 2.86 bits per heavy atom. The Balaban J connectivity index is 1.93. The highest BCUT2D eigenvalue weighted by atomic mass is 32.2. The molecule has 6 heteroatoms. The van der Waals surface area contributed by atoms with E-state index in [9.17, 15) is 9.59 Å². The monoisotopic (exact) mass is 217 g/mol. The number of carboxylic acid groups (broad SMARTS) is 1. The van der Waals surface area contributed by atoms with E-state index < -0.39 is 18.0 Å². The van der Waals surface area contributed by atoms with Gasteiger partial charge < -0.3 is 15.2 Å². The molecule has 78 valence electrons. The minimum absolute atomic E-state index is 0.208. The van der Waals surface area contributed by atoms with E-state index in [1.54, 1.807) is 0 Å². The molecule has 0 aliphatic carbocycles. The zero-order valence-corrected chi connectivity index (χ0v) is 8.25. The topological polar surface area (TPSA) is 75.6 Å². The van der Waals surface area contributed by atoms with Gasteiger partial charge in [-0.2, -0.15) is 0 Å². The average Bonchev–Trinajstić information content (AvgIpc) is 2.39. The predicted molar refractivity (Wildman–Crippen MR) is 49.9 cm³/mol. The SMILES string of the molecule is O=C1CC(SC2CCN2)C(C(=O)O)O1. The third kappa shape index (κ3) is 1.85. The van der Waals surface area contributed by atoms with Crippen molar-refractivity contribution in [3.05, 3.63) is 0 Å². The summed E-state index contributed by atoms with van der Waals surface area (Å²) in [5.41, 5.74) is 0. The van der Waals surface area contributed by atoms with Gasteiger partial charge in [0.1, 0.15) is 0 Å². The van der Waals surface area contributed by atoms with E-state index in [0.29, 0.717) is 0 Å². The minimum atomic E-state index is -1.05. The molecule has 0 amide bonds. The molecule has 5 nitrogen and oxygen atoms in total. The fraction of sp³-hybridized carbons (Fsp3) is 0.750. The van der Waals surface area contributed by atoms with Gasteiger partial charge >= 0.3 is 11.9 Å². The van der Waals surface area contributed by atoms with Crippen molar-refractivity contribution in [3.8, 4) is 0 Å². The summed E-state index contributed by atoms with van der Waals surface area (Å²) < 4.78 is 4.72. The number of hydrogen-bond acceptors (Lipinski definition) is 5.